The predicted molar refractivity (Wildman–Crippen MR) is 151 cm³/mol. The van der Waals surface area contributed by atoms with Crippen LogP contribution < -0.4 is 5.73 Å². The zero-order valence-electron chi connectivity index (χ0n) is 24.2. The summed E-state index contributed by atoms with van der Waals surface area (Å²) in [5.74, 6) is -12.9. The molecule has 0 saturated heterocycles. The number of primary amides is 1. The number of fused-ring (bicyclic) bond motifs is 3. The molecule has 43 heavy (non-hydrogen) atoms. The highest BCUT2D eigenvalue weighted by Crippen LogP contribution is 2.56. The number of benzene rings is 1. The molecule has 6 rings (SSSR count). The molecule has 10 heteroatoms. The number of rotatable bonds is 6. The van der Waals surface area contributed by atoms with Gasteiger partial charge in [0, 0.05) is 18.3 Å². The van der Waals surface area contributed by atoms with Crippen LogP contribution in [0.15, 0.2) is 18.2 Å². The lowest BCUT2D eigenvalue weighted by Gasteiger charge is -2.54. The minimum absolute atomic E-state index is 0.0429. The van der Waals surface area contributed by atoms with Gasteiger partial charge in [0.25, 0.3) is 0 Å². The van der Waals surface area contributed by atoms with Crippen LogP contribution in [0.5, 0.6) is 5.75 Å². The molecule has 5 aliphatic rings. The Balaban J connectivity index is 1.49. The molecule has 230 valence electrons. The number of hydrogen-bond acceptors (Lipinski definition) is 9. The van der Waals surface area contributed by atoms with Gasteiger partial charge in [-0.05, 0) is 49.1 Å². The van der Waals surface area contributed by atoms with Crippen molar-refractivity contribution in [3.63, 3.8) is 0 Å². The minimum atomic E-state index is -2.93. The van der Waals surface area contributed by atoms with Crippen molar-refractivity contribution < 1.29 is 43.7 Å². The van der Waals surface area contributed by atoms with Gasteiger partial charge in [-0.25, -0.2) is 0 Å². The van der Waals surface area contributed by atoms with E-state index in [1.165, 1.54) is 6.07 Å². The van der Waals surface area contributed by atoms with Gasteiger partial charge in [0.15, 0.2) is 34.7 Å². The molecule has 0 aliphatic heterocycles. The Bertz CT molecular complexity index is 1370. The van der Waals surface area contributed by atoms with E-state index in [2.05, 4.69) is 0 Å². The van der Waals surface area contributed by atoms with Gasteiger partial charge in [0.2, 0.25) is 5.91 Å². The van der Waals surface area contributed by atoms with E-state index < -0.39 is 88.6 Å². The van der Waals surface area contributed by atoms with E-state index >= 15 is 0 Å². The Morgan fingerprint density at radius 1 is 0.930 bits per heavy atom. The first-order valence-electron chi connectivity index (χ1n) is 15.7. The van der Waals surface area contributed by atoms with Crippen molar-refractivity contribution in [3.05, 3.63) is 29.3 Å². The van der Waals surface area contributed by atoms with Crippen LogP contribution in [-0.2, 0) is 28.7 Å². The van der Waals surface area contributed by atoms with E-state index in [4.69, 9.17) is 10.5 Å². The second kappa shape index (κ2) is 11.3. The molecule has 1 amide bonds. The summed E-state index contributed by atoms with van der Waals surface area (Å²) >= 11 is 0. The maximum absolute atomic E-state index is 14.3. The van der Waals surface area contributed by atoms with Crippen LogP contribution in [0.2, 0.25) is 0 Å². The Labute approximate surface area is 249 Å². The first-order chi connectivity index (χ1) is 20.6. The first-order valence-corrected chi connectivity index (χ1v) is 15.7. The Morgan fingerprint density at radius 3 is 2.28 bits per heavy atom. The normalized spacial score (nSPS) is 34.8. The van der Waals surface area contributed by atoms with Gasteiger partial charge < -0.3 is 20.7 Å². The number of esters is 1. The van der Waals surface area contributed by atoms with Crippen molar-refractivity contribution in [3.8, 4) is 5.75 Å². The van der Waals surface area contributed by atoms with Crippen LogP contribution >= 0.6 is 0 Å². The number of carbonyl (C=O) groups is 6. The van der Waals surface area contributed by atoms with Crippen LogP contribution in [-0.4, -0.2) is 56.9 Å². The van der Waals surface area contributed by atoms with Crippen LogP contribution in [0.25, 0.3) is 0 Å². The van der Waals surface area contributed by atoms with Crippen LogP contribution in [0.3, 0.4) is 0 Å². The van der Waals surface area contributed by atoms with Gasteiger partial charge in [0.05, 0.1) is 17.4 Å². The number of phenols is 1. The van der Waals surface area contributed by atoms with Gasteiger partial charge in [-0.1, -0.05) is 57.1 Å². The van der Waals surface area contributed by atoms with Crippen molar-refractivity contribution in [2.24, 2.45) is 41.2 Å². The second-order valence-corrected chi connectivity index (χ2v) is 13.3. The summed E-state index contributed by atoms with van der Waals surface area (Å²) < 4.78 is 6.18. The lowest BCUT2D eigenvalue weighted by molar-refractivity contribution is -0.201. The molecule has 2 unspecified atom stereocenters. The van der Waals surface area contributed by atoms with Crippen LogP contribution in [0, 0.1) is 35.5 Å². The summed E-state index contributed by atoms with van der Waals surface area (Å²) in [6.07, 6.45) is 7.66. The van der Waals surface area contributed by atoms with E-state index in [0.29, 0.717) is 30.7 Å². The highest BCUT2D eigenvalue weighted by molar-refractivity contribution is 6.31. The predicted octanol–water partition coefficient (Wildman–Crippen LogP) is 2.94. The lowest BCUT2D eigenvalue weighted by atomic mass is 9.50. The number of ketones is 4. The monoisotopic (exact) mass is 593 g/mol. The third kappa shape index (κ3) is 4.73. The van der Waals surface area contributed by atoms with E-state index in [9.17, 15) is 39.0 Å². The third-order valence-electron chi connectivity index (χ3n) is 11.0. The molecule has 7 atom stereocenters. The number of hydrogen-bond donors (Lipinski definition) is 3. The molecule has 10 nitrogen and oxygen atoms in total. The van der Waals surface area contributed by atoms with Crippen molar-refractivity contribution in [2.45, 2.75) is 94.7 Å². The summed E-state index contributed by atoms with van der Waals surface area (Å²) in [5.41, 5.74) is 2.92. The molecular formula is C33H39NO9. The standard InChI is InChI=1S/C33H39NO9/c34-31(40)25-22(36)15-20-28(43-32(41)17-9-2-1-3-10-17)24-19(14-13-16-7-4-5-8-16)18-11-6-12-21(35)23(18)27(37)26(24)30(39)33(20,42)29(25)38/h6,11-12,16-17,19-20,24-26,28,35,42H,1-5,7-10,13-15H2,(H2,34,40)/t19-,20+,24+,25?,26?,28+,33+/m0/s1. The van der Waals surface area contributed by atoms with Crippen molar-refractivity contribution >= 4 is 35.0 Å². The molecule has 1 aromatic rings. The maximum Gasteiger partial charge on any atom is 0.309 e. The van der Waals surface area contributed by atoms with Crippen LogP contribution in [0.1, 0.15) is 98.9 Å². The number of aromatic hydroxyl groups is 1. The number of Topliss-reactive ketones (excluding diaryl/α,β-unsaturated/α-hetero) is 4. The van der Waals surface area contributed by atoms with E-state index in [-0.39, 0.29) is 11.3 Å². The lowest BCUT2D eigenvalue weighted by Crippen LogP contribution is -2.73. The fraction of sp³-hybridized carbons (Fsp3) is 0.636. The van der Waals surface area contributed by atoms with E-state index in [0.717, 1.165) is 51.4 Å². The third-order valence-corrected chi connectivity index (χ3v) is 11.0. The summed E-state index contributed by atoms with van der Waals surface area (Å²) in [5, 5.41) is 22.8. The highest BCUT2D eigenvalue weighted by atomic mass is 16.5. The summed E-state index contributed by atoms with van der Waals surface area (Å²) in [6, 6.07) is 4.71. The highest BCUT2D eigenvalue weighted by Gasteiger charge is 2.71. The molecule has 4 N–H and O–H groups in total. The quantitative estimate of drug-likeness (QED) is 0.330. The first kappa shape index (κ1) is 29.7. The molecule has 1 aromatic carbocycles. The van der Waals surface area contributed by atoms with E-state index in [1.54, 1.807) is 12.1 Å². The Hall–Kier alpha value is -3.40. The number of carbonyl (C=O) groups excluding carboxylic acids is 6. The topological polar surface area (TPSA) is 178 Å². The molecule has 4 fully saturated rings. The molecular weight excluding hydrogens is 554 g/mol. The molecule has 0 aromatic heterocycles. The number of aliphatic hydroxyl groups is 1. The summed E-state index contributed by atoms with van der Waals surface area (Å²) in [6.45, 7) is 0. The van der Waals surface area contributed by atoms with Gasteiger partial charge in [0.1, 0.15) is 11.9 Å². The molecule has 4 saturated carbocycles. The van der Waals surface area contributed by atoms with E-state index in [1.807, 2.05) is 0 Å². The van der Waals surface area contributed by atoms with Crippen molar-refractivity contribution in [1.82, 2.24) is 0 Å². The number of ether oxygens (including phenoxy) is 1. The average molecular weight is 594 g/mol. The molecule has 0 spiro atoms. The van der Waals surface area contributed by atoms with Gasteiger partial charge in [-0.3, -0.25) is 28.8 Å². The minimum Gasteiger partial charge on any atom is -0.507 e. The zero-order chi connectivity index (χ0) is 30.6. The van der Waals surface area contributed by atoms with Gasteiger partial charge in [-0.2, -0.15) is 0 Å². The largest absolute Gasteiger partial charge is 0.507 e. The second-order valence-electron chi connectivity index (χ2n) is 13.3. The van der Waals surface area contributed by atoms with Gasteiger partial charge >= 0.3 is 5.97 Å². The summed E-state index contributed by atoms with van der Waals surface area (Å²) in [4.78, 5) is 81.0. The fourth-order valence-electron chi connectivity index (χ4n) is 8.89. The maximum atomic E-state index is 14.3. The molecule has 0 radical (unpaired) electrons. The number of phenolic OH excluding ortho intramolecular Hbond substituents is 1. The molecule has 0 heterocycles. The smallest absolute Gasteiger partial charge is 0.309 e. The SMILES string of the molecule is NC(=O)C1C(=O)C[C@@H]2[C@@H](OC(=O)C3CCCCC3)[C@H]3C(C(=O)c4c(O)cccc4[C@@H]3CCC3CCCC3)C(=O)[C@]2(O)C1=O. The Kier molecular flexibility index (Phi) is 7.77. The number of nitrogens with two attached hydrogens (primary N) is 1. The Morgan fingerprint density at radius 2 is 1.60 bits per heavy atom. The average Bonchev–Trinajstić information content (AvgIpc) is 3.50. The molecule has 5 aliphatic carbocycles. The van der Waals surface area contributed by atoms with Gasteiger partial charge in [-0.15, -0.1) is 0 Å². The molecule has 0 bridgehead atoms. The van der Waals surface area contributed by atoms with Crippen molar-refractivity contribution in [2.75, 3.05) is 0 Å². The van der Waals surface area contributed by atoms with Crippen LogP contribution in [0.4, 0.5) is 0 Å². The van der Waals surface area contributed by atoms with Crippen molar-refractivity contribution in [1.29, 1.82) is 0 Å². The number of amides is 1. The fourth-order valence-corrected chi connectivity index (χ4v) is 8.89. The summed E-state index contributed by atoms with van der Waals surface area (Å²) in [7, 11) is 0. The zero-order valence-corrected chi connectivity index (χ0v) is 24.2.